The number of nitrogens with one attached hydrogen (secondary N) is 1. The van der Waals surface area contributed by atoms with Gasteiger partial charge in [-0.25, -0.2) is 4.98 Å². The fourth-order valence-corrected chi connectivity index (χ4v) is 2.51. The summed E-state index contributed by atoms with van der Waals surface area (Å²) in [6.07, 6.45) is 3.84. The molecule has 19 heavy (non-hydrogen) atoms. The largest absolute Gasteiger partial charge is 0.384 e. The van der Waals surface area contributed by atoms with Crippen molar-refractivity contribution in [2.24, 2.45) is 5.73 Å². The monoisotopic (exact) mass is 255 g/mol. The summed E-state index contributed by atoms with van der Waals surface area (Å²) >= 11 is 0. The summed E-state index contributed by atoms with van der Waals surface area (Å²) in [5.74, 6) is 1.17. The normalized spacial score (nSPS) is 14.3. The number of anilines is 1. The van der Waals surface area contributed by atoms with Crippen molar-refractivity contribution in [1.82, 2.24) is 9.55 Å². The Morgan fingerprint density at radius 1 is 1.37 bits per heavy atom. The molecule has 5 heteroatoms. The zero-order valence-electron chi connectivity index (χ0n) is 10.9. The van der Waals surface area contributed by atoms with Gasteiger partial charge in [-0.3, -0.25) is 5.41 Å². The SMILES string of the molecule is Cc1ccc(C(=N)N)c(N2CCn3ccnc3C2)c1. The molecule has 2 heterocycles. The summed E-state index contributed by atoms with van der Waals surface area (Å²) in [5.41, 5.74) is 8.68. The highest BCUT2D eigenvalue weighted by Crippen LogP contribution is 2.25. The van der Waals surface area contributed by atoms with Gasteiger partial charge < -0.3 is 15.2 Å². The van der Waals surface area contributed by atoms with Gasteiger partial charge in [-0.15, -0.1) is 0 Å². The van der Waals surface area contributed by atoms with Gasteiger partial charge in [0, 0.05) is 36.7 Å². The molecule has 3 rings (SSSR count). The molecule has 0 saturated carbocycles. The van der Waals surface area contributed by atoms with E-state index in [0.717, 1.165) is 36.7 Å². The molecule has 1 aromatic heterocycles. The molecule has 1 aliphatic rings. The molecule has 0 unspecified atom stereocenters. The Bertz CT molecular complexity index is 629. The molecule has 0 saturated heterocycles. The van der Waals surface area contributed by atoms with E-state index in [4.69, 9.17) is 11.1 Å². The Labute approximate surface area is 112 Å². The van der Waals surface area contributed by atoms with Crippen LogP contribution in [0.25, 0.3) is 0 Å². The van der Waals surface area contributed by atoms with Gasteiger partial charge >= 0.3 is 0 Å². The van der Waals surface area contributed by atoms with Crippen LogP contribution in [-0.2, 0) is 13.1 Å². The number of aryl methyl sites for hydroxylation is 1. The fraction of sp³-hybridized carbons (Fsp3) is 0.286. The molecule has 1 aromatic carbocycles. The van der Waals surface area contributed by atoms with E-state index in [2.05, 4.69) is 27.4 Å². The van der Waals surface area contributed by atoms with Crippen LogP contribution in [0, 0.1) is 12.3 Å². The molecule has 3 N–H and O–H groups in total. The molecule has 1 aliphatic heterocycles. The van der Waals surface area contributed by atoms with Crippen molar-refractivity contribution >= 4 is 11.5 Å². The molecule has 98 valence electrons. The maximum absolute atomic E-state index is 7.71. The van der Waals surface area contributed by atoms with E-state index in [1.54, 1.807) is 0 Å². The summed E-state index contributed by atoms with van der Waals surface area (Å²) in [7, 11) is 0. The van der Waals surface area contributed by atoms with Crippen molar-refractivity contribution in [3.8, 4) is 0 Å². The number of nitrogen functional groups attached to an aromatic ring is 1. The third kappa shape index (κ3) is 2.07. The number of benzene rings is 1. The molecule has 5 nitrogen and oxygen atoms in total. The van der Waals surface area contributed by atoms with Crippen LogP contribution in [0.4, 0.5) is 5.69 Å². The van der Waals surface area contributed by atoms with Crippen LogP contribution >= 0.6 is 0 Å². The molecular formula is C14H17N5. The van der Waals surface area contributed by atoms with Crippen molar-refractivity contribution < 1.29 is 0 Å². The number of hydrogen-bond acceptors (Lipinski definition) is 3. The number of imidazole rings is 1. The van der Waals surface area contributed by atoms with E-state index in [1.807, 2.05) is 24.5 Å². The number of aromatic nitrogens is 2. The molecule has 0 bridgehead atoms. The first-order valence-electron chi connectivity index (χ1n) is 6.35. The van der Waals surface area contributed by atoms with E-state index >= 15 is 0 Å². The highest BCUT2D eigenvalue weighted by Gasteiger charge is 2.20. The van der Waals surface area contributed by atoms with Gasteiger partial charge in [-0.05, 0) is 24.6 Å². The number of nitrogens with two attached hydrogens (primary N) is 1. The van der Waals surface area contributed by atoms with Crippen molar-refractivity contribution in [3.05, 3.63) is 47.5 Å². The van der Waals surface area contributed by atoms with Gasteiger partial charge in [0.1, 0.15) is 11.7 Å². The van der Waals surface area contributed by atoms with Crippen LogP contribution in [0.2, 0.25) is 0 Å². The quantitative estimate of drug-likeness (QED) is 0.631. The summed E-state index contributed by atoms with van der Waals surface area (Å²) < 4.78 is 2.17. The Morgan fingerprint density at radius 3 is 3.00 bits per heavy atom. The van der Waals surface area contributed by atoms with Crippen molar-refractivity contribution in [3.63, 3.8) is 0 Å². The molecule has 0 radical (unpaired) electrons. The predicted molar refractivity (Wildman–Crippen MR) is 75.5 cm³/mol. The van der Waals surface area contributed by atoms with Gasteiger partial charge in [-0.1, -0.05) is 6.07 Å². The van der Waals surface area contributed by atoms with E-state index in [1.165, 1.54) is 5.56 Å². The fourth-order valence-electron chi connectivity index (χ4n) is 2.51. The Balaban J connectivity index is 1.99. The van der Waals surface area contributed by atoms with Gasteiger partial charge in [0.05, 0.1) is 6.54 Å². The van der Waals surface area contributed by atoms with Crippen LogP contribution in [0.5, 0.6) is 0 Å². The number of rotatable bonds is 2. The minimum Gasteiger partial charge on any atom is -0.384 e. The van der Waals surface area contributed by atoms with Crippen molar-refractivity contribution in [2.75, 3.05) is 11.4 Å². The molecular weight excluding hydrogens is 238 g/mol. The molecule has 0 aliphatic carbocycles. The highest BCUT2D eigenvalue weighted by atomic mass is 15.2. The number of nitrogens with zero attached hydrogens (tertiary/aromatic N) is 3. The van der Waals surface area contributed by atoms with E-state index in [9.17, 15) is 0 Å². The first-order chi connectivity index (χ1) is 9.15. The van der Waals surface area contributed by atoms with Gasteiger partial charge in [0.25, 0.3) is 0 Å². The third-order valence-corrected chi connectivity index (χ3v) is 3.53. The lowest BCUT2D eigenvalue weighted by atomic mass is 10.1. The summed E-state index contributed by atoms with van der Waals surface area (Å²) in [4.78, 5) is 6.61. The average Bonchev–Trinajstić information content (AvgIpc) is 2.85. The van der Waals surface area contributed by atoms with Gasteiger partial charge in [0.15, 0.2) is 0 Å². The molecule has 0 spiro atoms. The summed E-state index contributed by atoms with van der Waals surface area (Å²) in [6.45, 7) is 4.64. The predicted octanol–water partition coefficient (Wildman–Crippen LogP) is 1.50. The first kappa shape index (κ1) is 11.8. The lowest BCUT2D eigenvalue weighted by Gasteiger charge is -2.31. The van der Waals surface area contributed by atoms with E-state index < -0.39 is 0 Å². The van der Waals surface area contributed by atoms with Crippen LogP contribution in [0.3, 0.4) is 0 Å². The first-order valence-corrected chi connectivity index (χ1v) is 6.35. The molecule has 0 amide bonds. The van der Waals surface area contributed by atoms with E-state index in [-0.39, 0.29) is 5.84 Å². The summed E-state index contributed by atoms with van der Waals surface area (Å²) in [5, 5.41) is 7.71. The molecule has 2 aromatic rings. The lowest BCUT2D eigenvalue weighted by molar-refractivity contribution is 0.560. The maximum Gasteiger partial charge on any atom is 0.128 e. The van der Waals surface area contributed by atoms with Crippen LogP contribution in [0.1, 0.15) is 17.0 Å². The van der Waals surface area contributed by atoms with Gasteiger partial charge in [0.2, 0.25) is 0 Å². The van der Waals surface area contributed by atoms with Crippen molar-refractivity contribution in [1.29, 1.82) is 5.41 Å². The van der Waals surface area contributed by atoms with Crippen LogP contribution in [0.15, 0.2) is 30.6 Å². The second kappa shape index (κ2) is 4.42. The highest BCUT2D eigenvalue weighted by molar-refractivity contribution is 6.00. The molecule has 0 fully saturated rings. The minimum atomic E-state index is 0.115. The van der Waals surface area contributed by atoms with Crippen LogP contribution < -0.4 is 10.6 Å². The Kier molecular flexibility index (Phi) is 2.74. The zero-order chi connectivity index (χ0) is 13.4. The molecule has 0 atom stereocenters. The van der Waals surface area contributed by atoms with E-state index in [0.29, 0.717) is 0 Å². The Hall–Kier alpha value is -2.30. The van der Waals surface area contributed by atoms with Crippen LogP contribution in [-0.4, -0.2) is 21.9 Å². The topological polar surface area (TPSA) is 70.9 Å². The smallest absolute Gasteiger partial charge is 0.128 e. The average molecular weight is 255 g/mol. The zero-order valence-corrected chi connectivity index (χ0v) is 10.9. The third-order valence-electron chi connectivity index (χ3n) is 3.53. The standard InChI is InChI=1S/C14H17N5/c1-10-2-3-11(14(15)16)12(8-10)19-7-6-18-5-4-17-13(18)9-19/h2-5,8H,6-7,9H2,1H3,(H3,15,16). The van der Waals surface area contributed by atoms with Gasteiger partial charge in [-0.2, -0.15) is 0 Å². The number of hydrogen-bond donors (Lipinski definition) is 2. The second-order valence-electron chi connectivity index (χ2n) is 4.89. The Morgan fingerprint density at radius 2 is 2.21 bits per heavy atom. The number of fused-ring (bicyclic) bond motifs is 1. The number of amidine groups is 1. The second-order valence-corrected chi connectivity index (χ2v) is 4.89. The lowest BCUT2D eigenvalue weighted by Crippen LogP contribution is -2.35. The minimum absolute atomic E-state index is 0.115. The maximum atomic E-state index is 7.71. The summed E-state index contributed by atoms with van der Waals surface area (Å²) in [6, 6.07) is 6.01. The van der Waals surface area contributed by atoms with Crippen molar-refractivity contribution in [2.45, 2.75) is 20.0 Å².